The van der Waals surface area contributed by atoms with E-state index >= 15 is 0 Å². The Morgan fingerprint density at radius 1 is 1.20 bits per heavy atom. The molecule has 6 heteroatoms. The second kappa shape index (κ2) is 10.2. The molecule has 0 aliphatic rings. The molecule has 0 aliphatic heterocycles. The van der Waals surface area contributed by atoms with Crippen molar-refractivity contribution in [1.29, 1.82) is 0 Å². The molecule has 0 spiro atoms. The van der Waals surface area contributed by atoms with Gasteiger partial charge in [-0.1, -0.05) is 18.2 Å². The number of hydrogen-bond donors (Lipinski definition) is 1. The first-order valence-electron chi connectivity index (χ1n) is 8.71. The van der Waals surface area contributed by atoms with Crippen molar-refractivity contribution in [2.45, 2.75) is 13.0 Å². The Morgan fingerprint density at radius 3 is 2.76 bits per heavy atom. The van der Waals surface area contributed by atoms with E-state index in [4.69, 9.17) is 9.47 Å². The molecule has 25 heavy (non-hydrogen) atoms. The van der Waals surface area contributed by atoms with Crippen molar-refractivity contribution in [2.75, 3.05) is 54.1 Å². The zero-order valence-corrected chi connectivity index (χ0v) is 15.5. The van der Waals surface area contributed by atoms with Crippen molar-refractivity contribution >= 4 is 16.8 Å². The van der Waals surface area contributed by atoms with Crippen LogP contribution in [0.3, 0.4) is 0 Å². The highest BCUT2D eigenvalue weighted by Crippen LogP contribution is 2.21. The third kappa shape index (κ3) is 5.85. The maximum absolute atomic E-state index is 12.5. The molecule has 138 valence electrons. The molecular formula is C19H29N3O3. The third-order valence-corrected chi connectivity index (χ3v) is 4.00. The number of para-hydroxylation sites is 1. The van der Waals surface area contributed by atoms with Gasteiger partial charge in [0.15, 0.2) is 0 Å². The molecule has 0 aliphatic carbocycles. The fourth-order valence-corrected chi connectivity index (χ4v) is 2.64. The highest BCUT2D eigenvalue weighted by molar-refractivity contribution is 6.06. The number of fused-ring (bicyclic) bond motifs is 1. The first-order valence-corrected chi connectivity index (χ1v) is 8.71. The predicted molar refractivity (Wildman–Crippen MR) is 100 cm³/mol. The molecule has 2 aromatic rings. The number of nitrogens with one attached hydrogen (secondary N) is 1. The van der Waals surface area contributed by atoms with E-state index < -0.39 is 0 Å². The Kier molecular flexibility index (Phi) is 7.91. The van der Waals surface area contributed by atoms with Gasteiger partial charge < -0.3 is 24.3 Å². The van der Waals surface area contributed by atoms with Crippen LogP contribution in [-0.4, -0.2) is 69.5 Å². The molecule has 1 aromatic carbocycles. The van der Waals surface area contributed by atoms with Crippen LogP contribution in [0.5, 0.6) is 0 Å². The van der Waals surface area contributed by atoms with Crippen molar-refractivity contribution < 1.29 is 14.3 Å². The molecule has 0 fully saturated rings. The third-order valence-electron chi connectivity index (χ3n) is 4.00. The van der Waals surface area contributed by atoms with Gasteiger partial charge in [0, 0.05) is 50.5 Å². The lowest BCUT2D eigenvalue weighted by atomic mass is 10.1. The fraction of sp³-hybridized carbons (Fsp3) is 0.526. The smallest absolute Gasteiger partial charge is 0.253 e. The van der Waals surface area contributed by atoms with Gasteiger partial charge in [0.2, 0.25) is 0 Å². The Balaban J connectivity index is 1.94. The van der Waals surface area contributed by atoms with Crippen LogP contribution in [0.15, 0.2) is 30.5 Å². The lowest BCUT2D eigenvalue weighted by Gasteiger charge is -2.10. The molecule has 0 radical (unpaired) electrons. The van der Waals surface area contributed by atoms with Crippen LogP contribution in [0.4, 0.5) is 0 Å². The summed E-state index contributed by atoms with van der Waals surface area (Å²) in [4.78, 5) is 14.7. The molecule has 1 N–H and O–H groups in total. The summed E-state index contributed by atoms with van der Waals surface area (Å²) in [5.74, 6) is -0.0308. The van der Waals surface area contributed by atoms with E-state index in [1.165, 1.54) is 0 Å². The molecule has 0 saturated carbocycles. The van der Waals surface area contributed by atoms with Crippen molar-refractivity contribution in [3.8, 4) is 0 Å². The van der Waals surface area contributed by atoms with Crippen molar-refractivity contribution in [3.63, 3.8) is 0 Å². The fourth-order valence-electron chi connectivity index (χ4n) is 2.64. The van der Waals surface area contributed by atoms with E-state index in [-0.39, 0.29) is 5.91 Å². The molecule has 2 rings (SSSR count). The Labute approximate surface area is 149 Å². The summed E-state index contributed by atoms with van der Waals surface area (Å²) in [6.07, 6.45) is 2.74. The minimum absolute atomic E-state index is 0.0308. The minimum Gasteiger partial charge on any atom is -0.382 e. The van der Waals surface area contributed by atoms with Crippen molar-refractivity contribution in [3.05, 3.63) is 36.0 Å². The van der Waals surface area contributed by atoms with E-state index in [9.17, 15) is 4.79 Å². The van der Waals surface area contributed by atoms with Gasteiger partial charge >= 0.3 is 0 Å². The first kappa shape index (κ1) is 19.4. The number of hydrogen-bond acceptors (Lipinski definition) is 4. The van der Waals surface area contributed by atoms with Gasteiger partial charge in [-0.25, -0.2) is 0 Å². The van der Waals surface area contributed by atoms with Gasteiger partial charge in [-0.3, -0.25) is 4.79 Å². The highest BCUT2D eigenvalue weighted by atomic mass is 16.5. The highest BCUT2D eigenvalue weighted by Gasteiger charge is 2.14. The summed E-state index contributed by atoms with van der Waals surface area (Å²) in [7, 11) is 5.75. The standard InChI is InChI=1S/C19H29N3O3/c1-21(2)10-11-22-15-17(16-7-4-5-8-18(16)22)19(23)20-9-6-12-25-14-13-24-3/h4-5,7-8,15H,6,9-14H2,1-3H3,(H,20,23). The van der Waals surface area contributed by atoms with Crippen molar-refractivity contribution in [1.82, 2.24) is 14.8 Å². The van der Waals surface area contributed by atoms with Crippen LogP contribution in [-0.2, 0) is 16.0 Å². The average Bonchev–Trinajstić information content (AvgIpc) is 2.98. The monoisotopic (exact) mass is 347 g/mol. The molecular weight excluding hydrogens is 318 g/mol. The molecule has 1 heterocycles. The summed E-state index contributed by atoms with van der Waals surface area (Å²) in [6, 6.07) is 8.04. The molecule has 0 bridgehead atoms. The van der Waals surface area contributed by atoms with E-state index in [1.54, 1.807) is 7.11 Å². The number of carbonyl (C=O) groups excluding carboxylic acids is 1. The van der Waals surface area contributed by atoms with Gasteiger partial charge in [-0.2, -0.15) is 0 Å². The second-order valence-corrected chi connectivity index (χ2v) is 6.27. The van der Waals surface area contributed by atoms with Gasteiger partial charge in [-0.15, -0.1) is 0 Å². The summed E-state index contributed by atoms with van der Waals surface area (Å²) >= 11 is 0. The van der Waals surface area contributed by atoms with Crippen molar-refractivity contribution in [2.24, 2.45) is 0 Å². The Bertz CT molecular complexity index is 667. The quantitative estimate of drug-likeness (QED) is 0.632. The first-order chi connectivity index (χ1) is 12.1. The molecule has 0 atom stereocenters. The largest absolute Gasteiger partial charge is 0.382 e. The zero-order chi connectivity index (χ0) is 18.1. The number of aromatic nitrogens is 1. The lowest BCUT2D eigenvalue weighted by Crippen LogP contribution is -2.25. The number of ether oxygens (including phenoxy) is 2. The number of benzene rings is 1. The molecule has 6 nitrogen and oxygen atoms in total. The van der Waals surface area contributed by atoms with Crippen LogP contribution in [0, 0.1) is 0 Å². The normalized spacial score (nSPS) is 11.4. The van der Waals surface area contributed by atoms with E-state index in [1.807, 2.05) is 38.5 Å². The van der Waals surface area contributed by atoms with E-state index in [0.717, 1.165) is 36.0 Å². The van der Waals surface area contributed by atoms with Gasteiger partial charge in [0.05, 0.1) is 18.8 Å². The summed E-state index contributed by atoms with van der Waals surface area (Å²) < 4.78 is 12.5. The second-order valence-electron chi connectivity index (χ2n) is 6.27. The molecule has 0 saturated heterocycles. The van der Waals surface area contributed by atoms with Crippen LogP contribution >= 0.6 is 0 Å². The number of nitrogens with zero attached hydrogens (tertiary/aromatic N) is 2. The number of rotatable bonds is 11. The van der Waals surface area contributed by atoms with Gasteiger partial charge in [0.25, 0.3) is 5.91 Å². The average molecular weight is 347 g/mol. The van der Waals surface area contributed by atoms with Gasteiger partial charge in [-0.05, 0) is 26.6 Å². The SMILES string of the molecule is COCCOCCCNC(=O)c1cn(CCN(C)C)c2ccccc12. The number of likely N-dealkylation sites (N-methyl/N-ethyl adjacent to an activating group) is 1. The summed E-state index contributed by atoms with van der Waals surface area (Å²) in [5.41, 5.74) is 1.83. The predicted octanol–water partition coefficient (Wildman–Crippen LogP) is 1.99. The van der Waals surface area contributed by atoms with Crippen LogP contribution < -0.4 is 5.32 Å². The Morgan fingerprint density at radius 2 is 2.00 bits per heavy atom. The lowest BCUT2D eigenvalue weighted by molar-refractivity contribution is 0.0688. The molecule has 1 aromatic heterocycles. The number of methoxy groups -OCH3 is 1. The van der Waals surface area contributed by atoms with Crippen LogP contribution in [0.2, 0.25) is 0 Å². The molecule has 0 unspecified atom stereocenters. The minimum atomic E-state index is -0.0308. The maximum Gasteiger partial charge on any atom is 0.253 e. The van der Waals surface area contributed by atoms with Gasteiger partial charge in [0.1, 0.15) is 0 Å². The summed E-state index contributed by atoms with van der Waals surface area (Å²) in [6.45, 7) is 4.19. The Hall–Kier alpha value is -1.89. The topological polar surface area (TPSA) is 55.7 Å². The van der Waals surface area contributed by atoms with Crippen LogP contribution in [0.25, 0.3) is 10.9 Å². The number of amides is 1. The number of carbonyl (C=O) groups is 1. The van der Waals surface area contributed by atoms with E-state index in [0.29, 0.717) is 26.4 Å². The maximum atomic E-state index is 12.5. The molecule has 1 amide bonds. The summed E-state index contributed by atoms with van der Waals surface area (Å²) in [5, 5.41) is 3.98. The van der Waals surface area contributed by atoms with E-state index in [2.05, 4.69) is 20.9 Å². The van der Waals surface area contributed by atoms with Crippen LogP contribution in [0.1, 0.15) is 16.8 Å². The zero-order valence-electron chi connectivity index (χ0n) is 15.5.